The first-order valence-electron chi connectivity index (χ1n) is 5.00. The van der Waals surface area contributed by atoms with Crippen LogP contribution in [0, 0.1) is 0 Å². The number of ether oxygens (including phenoxy) is 1. The van der Waals surface area contributed by atoms with Crippen LogP contribution in [0.25, 0.3) is 0 Å². The molecule has 6 heteroatoms. The van der Waals surface area contributed by atoms with Crippen LogP contribution in [0.15, 0.2) is 12.1 Å². The van der Waals surface area contributed by atoms with Gasteiger partial charge in [-0.2, -0.15) is 0 Å². The van der Waals surface area contributed by atoms with Crippen molar-refractivity contribution in [3.63, 3.8) is 0 Å². The van der Waals surface area contributed by atoms with Crippen molar-refractivity contribution >= 4 is 11.8 Å². The van der Waals surface area contributed by atoms with E-state index in [0.29, 0.717) is 5.82 Å². The lowest BCUT2D eigenvalue weighted by Crippen LogP contribution is -2.23. The highest BCUT2D eigenvalue weighted by Gasteiger charge is 2.09. The molecular weight excluding hydrogens is 210 g/mol. The molecule has 0 amide bonds. The Balaban J connectivity index is 2.67. The lowest BCUT2D eigenvalue weighted by molar-refractivity contribution is 0.0592. The summed E-state index contributed by atoms with van der Waals surface area (Å²) in [5.74, 6) is 0.00167. The number of anilines is 1. The molecule has 0 bridgehead atoms. The first-order valence-corrected chi connectivity index (χ1v) is 5.00. The van der Waals surface area contributed by atoms with E-state index in [9.17, 15) is 4.79 Å². The number of carbonyl (C=O) groups is 1. The van der Waals surface area contributed by atoms with Crippen molar-refractivity contribution in [3.05, 3.63) is 17.8 Å². The Morgan fingerprint density at radius 2 is 2.31 bits per heavy atom. The first-order chi connectivity index (χ1) is 7.71. The summed E-state index contributed by atoms with van der Waals surface area (Å²) in [6.07, 6.45) is 0.775. The highest BCUT2D eigenvalue weighted by Crippen LogP contribution is 2.06. The summed E-state index contributed by atoms with van der Waals surface area (Å²) in [4.78, 5) is 11.1. The van der Waals surface area contributed by atoms with Crippen LogP contribution in [0.1, 0.15) is 23.8 Å². The lowest BCUT2D eigenvalue weighted by atomic mass is 10.2. The second-order valence-corrected chi connectivity index (χ2v) is 3.23. The molecule has 0 spiro atoms. The Morgan fingerprint density at radius 3 is 2.75 bits per heavy atom. The smallest absolute Gasteiger partial charge is 0.358 e. The fourth-order valence-electron chi connectivity index (χ4n) is 1.11. The average Bonchev–Trinajstić information content (AvgIpc) is 2.35. The van der Waals surface area contributed by atoms with Gasteiger partial charge < -0.3 is 15.2 Å². The van der Waals surface area contributed by atoms with Crippen LogP contribution in [-0.2, 0) is 4.74 Å². The Labute approximate surface area is 93.6 Å². The summed E-state index contributed by atoms with van der Waals surface area (Å²) in [5.41, 5.74) is 0.157. The summed E-state index contributed by atoms with van der Waals surface area (Å²) in [7, 11) is 1.29. The molecule has 0 aromatic carbocycles. The zero-order valence-electron chi connectivity index (χ0n) is 9.30. The van der Waals surface area contributed by atoms with E-state index in [1.54, 1.807) is 6.07 Å². The number of esters is 1. The van der Waals surface area contributed by atoms with E-state index in [4.69, 9.17) is 5.11 Å². The minimum Gasteiger partial charge on any atom is -0.464 e. The summed E-state index contributed by atoms with van der Waals surface area (Å²) in [5, 5.41) is 19.5. The standard InChI is InChI=1S/C10H15N3O3/c1-3-7(6-14)11-9-5-4-8(12-13-9)10(15)16-2/h4-5,7,14H,3,6H2,1-2H3,(H,11,13)/t7-/m0/s1. The largest absolute Gasteiger partial charge is 0.464 e. The average molecular weight is 225 g/mol. The minimum atomic E-state index is -0.520. The van der Waals surface area contributed by atoms with Crippen molar-refractivity contribution in [2.75, 3.05) is 19.0 Å². The predicted molar refractivity (Wildman–Crippen MR) is 58.2 cm³/mol. The molecule has 0 fully saturated rings. The maximum absolute atomic E-state index is 11.1. The number of carbonyl (C=O) groups excluding carboxylic acids is 1. The van der Waals surface area contributed by atoms with E-state index in [2.05, 4.69) is 20.3 Å². The van der Waals surface area contributed by atoms with Crippen LogP contribution in [0.4, 0.5) is 5.82 Å². The van der Waals surface area contributed by atoms with E-state index in [1.807, 2.05) is 6.92 Å². The van der Waals surface area contributed by atoms with E-state index in [0.717, 1.165) is 6.42 Å². The third-order valence-corrected chi connectivity index (χ3v) is 2.12. The molecule has 0 aliphatic rings. The molecule has 1 atom stereocenters. The molecule has 6 nitrogen and oxygen atoms in total. The summed E-state index contributed by atoms with van der Waals surface area (Å²) < 4.78 is 4.50. The molecule has 0 aliphatic heterocycles. The van der Waals surface area contributed by atoms with Crippen molar-refractivity contribution in [1.29, 1.82) is 0 Å². The molecule has 2 N–H and O–H groups in total. The van der Waals surface area contributed by atoms with Gasteiger partial charge in [0.15, 0.2) is 5.69 Å². The molecule has 16 heavy (non-hydrogen) atoms. The summed E-state index contributed by atoms with van der Waals surface area (Å²) in [6.45, 7) is 1.97. The summed E-state index contributed by atoms with van der Waals surface area (Å²) in [6, 6.07) is 3.08. The molecule has 0 aliphatic carbocycles. The molecule has 0 unspecified atom stereocenters. The number of rotatable bonds is 5. The molecule has 1 aromatic heterocycles. The van der Waals surface area contributed by atoms with Gasteiger partial charge >= 0.3 is 5.97 Å². The molecular formula is C10H15N3O3. The molecule has 88 valence electrons. The van der Waals surface area contributed by atoms with Gasteiger partial charge in [0, 0.05) is 0 Å². The van der Waals surface area contributed by atoms with Gasteiger partial charge in [-0.05, 0) is 18.6 Å². The number of hydrogen-bond donors (Lipinski definition) is 2. The Bertz CT molecular complexity index is 336. The highest BCUT2D eigenvalue weighted by molar-refractivity contribution is 5.86. The van der Waals surface area contributed by atoms with Crippen molar-refractivity contribution in [1.82, 2.24) is 10.2 Å². The number of methoxy groups -OCH3 is 1. The molecule has 0 saturated heterocycles. The number of aliphatic hydroxyl groups excluding tert-OH is 1. The van der Waals surface area contributed by atoms with E-state index < -0.39 is 5.97 Å². The topological polar surface area (TPSA) is 84.3 Å². The molecule has 1 aromatic rings. The van der Waals surface area contributed by atoms with E-state index >= 15 is 0 Å². The maximum Gasteiger partial charge on any atom is 0.358 e. The fourth-order valence-corrected chi connectivity index (χ4v) is 1.11. The normalized spacial score (nSPS) is 11.9. The van der Waals surface area contributed by atoms with Gasteiger partial charge in [-0.15, -0.1) is 10.2 Å². The fraction of sp³-hybridized carbons (Fsp3) is 0.500. The van der Waals surface area contributed by atoms with Gasteiger partial charge in [-0.3, -0.25) is 0 Å². The lowest BCUT2D eigenvalue weighted by Gasteiger charge is -2.13. The van der Waals surface area contributed by atoms with Crippen LogP contribution >= 0.6 is 0 Å². The van der Waals surface area contributed by atoms with Crippen molar-refractivity contribution < 1.29 is 14.6 Å². The monoisotopic (exact) mass is 225 g/mol. The van der Waals surface area contributed by atoms with Gasteiger partial charge in [-0.25, -0.2) is 4.79 Å². The number of nitrogens with one attached hydrogen (secondary N) is 1. The summed E-state index contributed by atoms with van der Waals surface area (Å²) >= 11 is 0. The number of hydrogen-bond acceptors (Lipinski definition) is 6. The third-order valence-electron chi connectivity index (χ3n) is 2.12. The van der Waals surface area contributed by atoms with Gasteiger partial charge in [-0.1, -0.05) is 6.92 Å². The second-order valence-electron chi connectivity index (χ2n) is 3.23. The highest BCUT2D eigenvalue weighted by atomic mass is 16.5. The van der Waals surface area contributed by atoms with Crippen LogP contribution in [0.3, 0.4) is 0 Å². The Morgan fingerprint density at radius 1 is 1.56 bits per heavy atom. The van der Waals surface area contributed by atoms with Crippen molar-refractivity contribution in [2.24, 2.45) is 0 Å². The SMILES string of the molecule is CC[C@@H](CO)Nc1ccc(C(=O)OC)nn1. The zero-order chi connectivity index (χ0) is 12.0. The Hall–Kier alpha value is -1.69. The predicted octanol–water partition coefficient (Wildman–Crippen LogP) is 0.446. The van der Waals surface area contributed by atoms with Crippen LogP contribution < -0.4 is 5.32 Å². The minimum absolute atomic E-state index is 0.0247. The molecule has 0 radical (unpaired) electrons. The van der Waals surface area contributed by atoms with Gasteiger partial charge in [0.25, 0.3) is 0 Å². The first kappa shape index (κ1) is 12.4. The number of aliphatic hydroxyl groups is 1. The molecule has 1 heterocycles. The van der Waals surface area contributed by atoms with Crippen LogP contribution in [-0.4, -0.2) is 41.0 Å². The number of nitrogens with zero attached hydrogens (tertiary/aromatic N) is 2. The number of aromatic nitrogens is 2. The zero-order valence-corrected chi connectivity index (χ0v) is 9.30. The van der Waals surface area contributed by atoms with E-state index in [-0.39, 0.29) is 18.3 Å². The van der Waals surface area contributed by atoms with Gasteiger partial charge in [0.2, 0.25) is 0 Å². The van der Waals surface area contributed by atoms with Gasteiger partial charge in [0.05, 0.1) is 19.8 Å². The molecule has 0 saturated carbocycles. The Kier molecular flexibility index (Phi) is 4.65. The van der Waals surface area contributed by atoms with Crippen LogP contribution in [0.2, 0.25) is 0 Å². The van der Waals surface area contributed by atoms with E-state index in [1.165, 1.54) is 13.2 Å². The third kappa shape index (κ3) is 3.16. The quantitative estimate of drug-likeness (QED) is 0.708. The second kappa shape index (κ2) is 6.02. The van der Waals surface area contributed by atoms with Crippen molar-refractivity contribution in [3.8, 4) is 0 Å². The molecule has 1 rings (SSSR count). The maximum atomic E-state index is 11.1. The van der Waals surface area contributed by atoms with Crippen LogP contribution in [0.5, 0.6) is 0 Å². The van der Waals surface area contributed by atoms with Gasteiger partial charge in [0.1, 0.15) is 5.82 Å². The van der Waals surface area contributed by atoms with Crippen molar-refractivity contribution in [2.45, 2.75) is 19.4 Å².